The first-order chi connectivity index (χ1) is 25.8. The van der Waals surface area contributed by atoms with Gasteiger partial charge in [0.2, 0.25) is 0 Å². The topological polar surface area (TPSA) is 152 Å². The second-order valence-corrected chi connectivity index (χ2v) is 14.8. The molecule has 0 saturated carbocycles. The Labute approximate surface area is 322 Å². The lowest BCUT2D eigenvalue weighted by molar-refractivity contribution is -0.305. The Morgan fingerprint density at radius 1 is 0.566 bits per heavy atom. The summed E-state index contributed by atoms with van der Waals surface area (Å²) in [6.07, 6.45) is 28.9. The molecule has 0 aromatic rings. The summed E-state index contributed by atoms with van der Waals surface area (Å²) in [4.78, 5) is 25.2. The molecule has 1 fully saturated rings. The van der Waals surface area contributed by atoms with Gasteiger partial charge in [-0.1, -0.05) is 128 Å². The largest absolute Gasteiger partial charge is 0.462 e. The van der Waals surface area contributed by atoms with Gasteiger partial charge >= 0.3 is 11.9 Å². The fourth-order valence-electron chi connectivity index (χ4n) is 6.35. The number of aliphatic hydroxyl groups excluding tert-OH is 4. The van der Waals surface area contributed by atoms with Gasteiger partial charge in [0.1, 0.15) is 31.0 Å². The van der Waals surface area contributed by atoms with Crippen LogP contribution in [0.5, 0.6) is 0 Å². The maximum Gasteiger partial charge on any atom is 0.306 e. The molecule has 6 atom stereocenters. The highest BCUT2D eigenvalue weighted by Crippen LogP contribution is 2.22. The predicted octanol–water partition coefficient (Wildman–Crippen LogP) is 8.55. The van der Waals surface area contributed by atoms with Crippen LogP contribution in [-0.2, 0) is 28.5 Å². The number of carbonyl (C=O) groups excluding carboxylic acids is 2. The third-order valence-electron chi connectivity index (χ3n) is 9.81. The lowest BCUT2D eigenvalue weighted by atomic mass is 9.99. The molecule has 2 unspecified atom stereocenters. The molecular weight excluding hydrogens is 676 g/mol. The van der Waals surface area contributed by atoms with Crippen molar-refractivity contribution < 1.29 is 49.0 Å². The average molecular weight is 755 g/mol. The van der Waals surface area contributed by atoms with Gasteiger partial charge in [-0.15, -0.1) is 0 Å². The summed E-state index contributed by atoms with van der Waals surface area (Å²) in [6.45, 7) is 3.38. The molecule has 1 saturated heterocycles. The molecular formula is C43H78O10. The van der Waals surface area contributed by atoms with E-state index in [1.165, 1.54) is 77.0 Å². The normalized spacial score (nSPS) is 21.1. The van der Waals surface area contributed by atoms with Crippen LogP contribution in [0.4, 0.5) is 0 Å². The van der Waals surface area contributed by atoms with E-state index in [4.69, 9.17) is 18.9 Å². The van der Waals surface area contributed by atoms with Crippen molar-refractivity contribution in [3.05, 3.63) is 24.3 Å². The molecule has 0 aromatic carbocycles. The van der Waals surface area contributed by atoms with Crippen molar-refractivity contribution >= 4 is 11.9 Å². The van der Waals surface area contributed by atoms with E-state index in [1.54, 1.807) is 0 Å². The zero-order valence-corrected chi connectivity index (χ0v) is 33.5. The molecule has 0 aliphatic carbocycles. The van der Waals surface area contributed by atoms with Crippen molar-refractivity contribution in [1.29, 1.82) is 0 Å². The number of esters is 2. The van der Waals surface area contributed by atoms with Crippen LogP contribution in [-0.4, -0.2) is 89.0 Å². The minimum atomic E-state index is -1.59. The van der Waals surface area contributed by atoms with Crippen LogP contribution in [0.25, 0.3) is 0 Å². The summed E-state index contributed by atoms with van der Waals surface area (Å²) in [5, 5.41) is 40.0. The third kappa shape index (κ3) is 26.6. The van der Waals surface area contributed by atoms with Crippen molar-refractivity contribution in [3.8, 4) is 0 Å². The first-order valence-electron chi connectivity index (χ1n) is 21.4. The van der Waals surface area contributed by atoms with Crippen molar-refractivity contribution in [3.63, 3.8) is 0 Å². The molecule has 10 heteroatoms. The first kappa shape index (κ1) is 49.2. The number of unbranched alkanes of at least 4 members (excludes halogenated alkanes) is 20. The van der Waals surface area contributed by atoms with E-state index in [9.17, 15) is 30.0 Å². The van der Waals surface area contributed by atoms with Crippen LogP contribution >= 0.6 is 0 Å². The first-order valence-corrected chi connectivity index (χ1v) is 21.4. The Bertz CT molecular complexity index is 923. The van der Waals surface area contributed by atoms with Gasteiger partial charge in [0.05, 0.1) is 13.2 Å². The van der Waals surface area contributed by atoms with Crippen molar-refractivity contribution in [2.45, 2.75) is 218 Å². The van der Waals surface area contributed by atoms with E-state index in [0.717, 1.165) is 64.2 Å². The Morgan fingerprint density at radius 2 is 1.00 bits per heavy atom. The zero-order valence-electron chi connectivity index (χ0n) is 33.5. The third-order valence-corrected chi connectivity index (χ3v) is 9.81. The second-order valence-electron chi connectivity index (χ2n) is 14.8. The summed E-state index contributed by atoms with van der Waals surface area (Å²) in [5.74, 6) is -0.824. The van der Waals surface area contributed by atoms with Gasteiger partial charge in [0.25, 0.3) is 0 Å². The molecule has 0 amide bonds. The summed E-state index contributed by atoms with van der Waals surface area (Å²) in [7, 11) is 0. The van der Waals surface area contributed by atoms with Crippen LogP contribution in [0.1, 0.15) is 181 Å². The van der Waals surface area contributed by atoms with E-state index in [2.05, 4.69) is 38.2 Å². The predicted molar refractivity (Wildman–Crippen MR) is 210 cm³/mol. The molecule has 0 radical (unpaired) electrons. The maximum atomic E-state index is 12.7. The Hall–Kier alpha value is -1.82. The average Bonchev–Trinajstić information content (AvgIpc) is 3.15. The minimum Gasteiger partial charge on any atom is -0.462 e. The van der Waals surface area contributed by atoms with Crippen LogP contribution in [0, 0.1) is 0 Å². The number of carbonyl (C=O) groups is 2. The molecule has 0 aromatic heterocycles. The monoisotopic (exact) mass is 755 g/mol. The molecule has 0 bridgehead atoms. The quantitative estimate of drug-likeness (QED) is 0.0281. The van der Waals surface area contributed by atoms with Crippen LogP contribution in [0.3, 0.4) is 0 Å². The van der Waals surface area contributed by atoms with E-state index < -0.39 is 49.4 Å². The molecule has 10 nitrogen and oxygen atoms in total. The molecule has 1 heterocycles. The molecule has 0 spiro atoms. The van der Waals surface area contributed by atoms with Gasteiger partial charge in [-0.3, -0.25) is 9.59 Å². The number of aliphatic hydroxyl groups is 4. The van der Waals surface area contributed by atoms with Gasteiger partial charge in [-0.05, 0) is 64.2 Å². The number of hydrogen-bond acceptors (Lipinski definition) is 10. The summed E-state index contributed by atoms with van der Waals surface area (Å²) in [6, 6.07) is 0. The van der Waals surface area contributed by atoms with Crippen LogP contribution < -0.4 is 0 Å². The molecule has 1 rings (SSSR count). The fourth-order valence-corrected chi connectivity index (χ4v) is 6.35. The molecule has 1 aliphatic heterocycles. The second kappa shape index (κ2) is 34.7. The fraction of sp³-hybridized carbons (Fsp3) is 0.860. The zero-order chi connectivity index (χ0) is 38.8. The Balaban J connectivity index is 2.37. The van der Waals surface area contributed by atoms with Gasteiger partial charge in [-0.2, -0.15) is 0 Å². The van der Waals surface area contributed by atoms with Crippen LogP contribution in [0.2, 0.25) is 0 Å². The van der Waals surface area contributed by atoms with Gasteiger partial charge in [0.15, 0.2) is 12.4 Å². The lowest BCUT2D eigenvalue weighted by Crippen LogP contribution is -2.59. The Kier molecular flexibility index (Phi) is 32.2. The highest BCUT2D eigenvalue weighted by molar-refractivity contribution is 5.70. The van der Waals surface area contributed by atoms with E-state index in [0.29, 0.717) is 12.8 Å². The minimum absolute atomic E-state index is 0.220. The van der Waals surface area contributed by atoms with E-state index >= 15 is 0 Å². The summed E-state index contributed by atoms with van der Waals surface area (Å²) < 4.78 is 22.1. The van der Waals surface area contributed by atoms with Gasteiger partial charge in [-0.25, -0.2) is 0 Å². The number of allylic oxidation sites excluding steroid dienone is 4. The van der Waals surface area contributed by atoms with E-state index in [1.807, 2.05) is 0 Å². The van der Waals surface area contributed by atoms with Crippen molar-refractivity contribution in [2.75, 3.05) is 19.8 Å². The van der Waals surface area contributed by atoms with Crippen molar-refractivity contribution in [2.24, 2.45) is 0 Å². The molecule has 53 heavy (non-hydrogen) atoms. The number of rotatable bonds is 35. The lowest BCUT2D eigenvalue weighted by Gasteiger charge is -2.39. The van der Waals surface area contributed by atoms with Crippen molar-refractivity contribution in [1.82, 2.24) is 0 Å². The highest BCUT2D eigenvalue weighted by Gasteiger charge is 2.44. The Morgan fingerprint density at radius 3 is 1.49 bits per heavy atom. The number of ether oxygens (including phenoxy) is 4. The summed E-state index contributed by atoms with van der Waals surface area (Å²) in [5.41, 5.74) is 0. The standard InChI is InChI=1S/C43H78O10/c1-3-5-7-9-11-13-15-17-18-20-22-24-26-28-30-32-39(46)52-36(35-51-43-42(49)41(48)40(47)37(33-44)53-43)34-50-38(45)31-29-27-25-23-21-19-16-14-12-10-8-6-4-2/h14,16-18,36-37,40-44,47-49H,3-13,15,19-35H2,1-2H3/b16-14+,18-17+/t36-,37-,40+,41?,42?,43-/m1/s1. The highest BCUT2D eigenvalue weighted by atomic mass is 16.7. The molecule has 4 N–H and O–H groups in total. The van der Waals surface area contributed by atoms with Gasteiger partial charge < -0.3 is 39.4 Å². The van der Waals surface area contributed by atoms with Crippen LogP contribution in [0.15, 0.2) is 24.3 Å². The molecule has 310 valence electrons. The SMILES string of the molecule is CCCCCC/C=C/CCCCCCCC(=O)OC[C@H](CO[C@@H]1O[C@H](CO)[C@H](O)C(O)C1O)OC(=O)CCCCCCC/C=C/CCCCCCCC. The smallest absolute Gasteiger partial charge is 0.306 e. The number of hydrogen-bond donors (Lipinski definition) is 4. The van der Waals surface area contributed by atoms with Gasteiger partial charge in [0, 0.05) is 12.8 Å². The molecule has 1 aliphatic rings. The van der Waals surface area contributed by atoms with E-state index in [-0.39, 0.29) is 32.0 Å². The maximum absolute atomic E-state index is 12.7. The summed E-state index contributed by atoms with van der Waals surface area (Å²) >= 11 is 0.